The number of rotatable bonds is 10. The van der Waals surface area contributed by atoms with E-state index in [1.165, 1.54) is 0 Å². The molecule has 0 aliphatic carbocycles. The van der Waals surface area contributed by atoms with Crippen LogP contribution >= 0.6 is 12.4 Å². The molecule has 0 unspecified atom stereocenters. The van der Waals surface area contributed by atoms with Crippen LogP contribution in [-0.2, 0) is 4.79 Å². The van der Waals surface area contributed by atoms with Crippen molar-refractivity contribution in [2.75, 3.05) is 46.4 Å². The maximum absolute atomic E-state index is 10.9. The number of ether oxygens (including phenoxy) is 2. The van der Waals surface area contributed by atoms with E-state index >= 15 is 0 Å². The van der Waals surface area contributed by atoms with Gasteiger partial charge in [-0.25, -0.2) is 0 Å². The number of hydrogen-bond donors (Lipinski definition) is 1. The van der Waals surface area contributed by atoms with Crippen LogP contribution in [0.3, 0.4) is 0 Å². The van der Waals surface area contributed by atoms with E-state index in [1.54, 1.807) is 7.11 Å². The first-order valence-corrected chi connectivity index (χ1v) is 9.07. The number of carbonyl (C=O) groups is 1. The van der Waals surface area contributed by atoms with E-state index in [-0.39, 0.29) is 19.0 Å². The third-order valence-corrected chi connectivity index (χ3v) is 4.76. The number of carboxylic acid groups (broad SMARTS) is 1. The summed E-state index contributed by atoms with van der Waals surface area (Å²) >= 11 is 0. The largest absolute Gasteiger partial charge is 0.497 e. The number of piperidine rings is 1. The van der Waals surface area contributed by atoms with E-state index in [1.807, 2.05) is 31.2 Å². The Balaban J connectivity index is 0.00000338. The molecule has 148 valence electrons. The van der Waals surface area contributed by atoms with Gasteiger partial charge in [0.25, 0.3) is 0 Å². The summed E-state index contributed by atoms with van der Waals surface area (Å²) in [5.41, 5.74) is 0. The van der Waals surface area contributed by atoms with Gasteiger partial charge in [0.15, 0.2) is 0 Å². The lowest BCUT2D eigenvalue weighted by atomic mass is 10.0. The third kappa shape index (κ3) is 7.40. The Morgan fingerprint density at radius 2 is 1.85 bits per heavy atom. The molecule has 0 spiro atoms. The van der Waals surface area contributed by atoms with Crippen LogP contribution in [0, 0.1) is 0 Å². The molecule has 1 aliphatic rings. The summed E-state index contributed by atoms with van der Waals surface area (Å²) in [6.07, 6.45) is 3.07. The summed E-state index contributed by atoms with van der Waals surface area (Å²) in [4.78, 5) is 15.5. The van der Waals surface area contributed by atoms with Crippen molar-refractivity contribution in [2.45, 2.75) is 32.2 Å². The Morgan fingerprint density at radius 3 is 2.38 bits per heavy atom. The number of methoxy groups -OCH3 is 1. The van der Waals surface area contributed by atoms with E-state index in [0.717, 1.165) is 56.9 Å². The summed E-state index contributed by atoms with van der Waals surface area (Å²) in [6, 6.07) is 8.04. The highest BCUT2D eigenvalue weighted by Gasteiger charge is 2.24. The molecular weight excluding hydrogens is 356 g/mol. The molecule has 1 aliphatic heterocycles. The van der Waals surface area contributed by atoms with Gasteiger partial charge >= 0.3 is 5.97 Å². The van der Waals surface area contributed by atoms with E-state index in [9.17, 15) is 4.79 Å². The van der Waals surface area contributed by atoms with Gasteiger partial charge in [-0.05, 0) is 63.2 Å². The molecule has 1 N–H and O–H groups in total. The molecule has 0 bridgehead atoms. The first kappa shape index (κ1) is 22.5. The molecule has 1 fully saturated rings. The second kappa shape index (κ2) is 12.0. The van der Waals surface area contributed by atoms with Crippen LogP contribution in [0.2, 0.25) is 0 Å². The predicted octanol–water partition coefficient (Wildman–Crippen LogP) is 2.76. The van der Waals surface area contributed by atoms with E-state index < -0.39 is 5.97 Å². The molecule has 7 heteroatoms. The second-order valence-corrected chi connectivity index (χ2v) is 6.41. The average molecular weight is 387 g/mol. The Morgan fingerprint density at radius 1 is 1.23 bits per heavy atom. The number of likely N-dealkylation sites (N-methyl/N-ethyl adjacent to an activating group) is 1. The molecular formula is C19H31ClN2O4. The standard InChI is InChI=1S/C19H30N2O4.ClH/c1-3-21(15-19(22)23)16-9-12-20(13-10-16)11-4-14-25-18-7-5-17(24-2)6-8-18;/h5-8,16H,3-4,9-15H2,1-2H3,(H,22,23);1H. The fraction of sp³-hybridized carbons (Fsp3) is 0.632. The van der Waals surface area contributed by atoms with Crippen molar-refractivity contribution in [2.24, 2.45) is 0 Å². The van der Waals surface area contributed by atoms with Gasteiger partial charge in [0.2, 0.25) is 0 Å². The summed E-state index contributed by atoms with van der Waals surface area (Å²) in [5, 5.41) is 8.99. The molecule has 0 radical (unpaired) electrons. The molecule has 1 aromatic rings. The summed E-state index contributed by atoms with van der Waals surface area (Å²) in [6.45, 7) is 6.77. The highest BCUT2D eigenvalue weighted by molar-refractivity contribution is 5.85. The van der Waals surface area contributed by atoms with Crippen molar-refractivity contribution in [3.05, 3.63) is 24.3 Å². The van der Waals surface area contributed by atoms with E-state index in [4.69, 9.17) is 14.6 Å². The van der Waals surface area contributed by atoms with Crippen molar-refractivity contribution in [1.82, 2.24) is 9.80 Å². The number of aliphatic carboxylic acids is 1. The zero-order valence-electron chi connectivity index (χ0n) is 15.7. The zero-order chi connectivity index (χ0) is 18.1. The van der Waals surface area contributed by atoms with Gasteiger partial charge in [0.1, 0.15) is 11.5 Å². The molecule has 1 aromatic carbocycles. The number of nitrogens with zero attached hydrogens (tertiary/aromatic N) is 2. The fourth-order valence-corrected chi connectivity index (χ4v) is 3.33. The third-order valence-electron chi connectivity index (χ3n) is 4.76. The first-order chi connectivity index (χ1) is 12.1. The number of likely N-dealkylation sites (tertiary alicyclic amines) is 1. The SMILES string of the molecule is CCN(CC(=O)O)C1CCN(CCCOc2ccc(OC)cc2)CC1.Cl. The Labute approximate surface area is 162 Å². The number of halogens is 1. The first-order valence-electron chi connectivity index (χ1n) is 9.07. The minimum absolute atomic E-state index is 0. The molecule has 1 heterocycles. The smallest absolute Gasteiger partial charge is 0.317 e. The van der Waals surface area contributed by atoms with Crippen molar-refractivity contribution >= 4 is 18.4 Å². The summed E-state index contributed by atoms with van der Waals surface area (Å²) in [7, 11) is 1.65. The molecule has 0 atom stereocenters. The van der Waals surface area contributed by atoms with Crippen LogP contribution in [0.15, 0.2) is 24.3 Å². The minimum atomic E-state index is -0.736. The monoisotopic (exact) mass is 386 g/mol. The Kier molecular flexibility index (Phi) is 10.4. The minimum Gasteiger partial charge on any atom is -0.497 e. The topological polar surface area (TPSA) is 62.2 Å². The lowest BCUT2D eigenvalue weighted by Gasteiger charge is -2.37. The fourth-order valence-electron chi connectivity index (χ4n) is 3.33. The predicted molar refractivity (Wildman–Crippen MR) is 105 cm³/mol. The van der Waals surface area contributed by atoms with Crippen molar-refractivity contribution < 1.29 is 19.4 Å². The molecule has 0 saturated carbocycles. The van der Waals surface area contributed by atoms with Gasteiger partial charge in [-0.1, -0.05) is 6.92 Å². The van der Waals surface area contributed by atoms with Crippen LogP contribution in [0.25, 0.3) is 0 Å². The lowest BCUT2D eigenvalue weighted by Crippen LogP contribution is -2.46. The van der Waals surface area contributed by atoms with Crippen LogP contribution in [0.5, 0.6) is 11.5 Å². The van der Waals surface area contributed by atoms with Crippen LogP contribution < -0.4 is 9.47 Å². The van der Waals surface area contributed by atoms with Gasteiger partial charge in [0.05, 0.1) is 20.3 Å². The van der Waals surface area contributed by atoms with Crippen molar-refractivity contribution in [1.29, 1.82) is 0 Å². The quantitative estimate of drug-likeness (QED) is 0.624. The number of benzene rings is 1. The zero-order valence-corrected chi connectivity index (χ0v) is 16.5. The van der Waals surface area contributed by atoms with Gasteiger partial charge in [0, 0.05) is 12.6 Å². The maximum Gasteiger partial charge on any atom is 0.317 e. The Bertz CT molecular complexity index is 519. The van der Waals surface area contributed by atoms with Crippen LogP contribution in [-0.4, -0.2) is 73.4 Å². The van der Waals surface area contributed by atoms with Crippen LogP contribution in [0.4, 0.5) is 0 Å². The number of hydrogen-bond acceptors (Lipinski definition) is 5. The van der Waals surface area contributed by atoms with E-state index in [0.29, 0.717) is 12.6 Å². The van der Waals surface area contributed by atoms with Crippen molar-refractivity contribution in [3.63, 3.8) is 0 Å². The Hall–Kier alpha value is -1.50. The highest BCUT2D eigenvalue weighted by atomic mass is 35.5. The van der Waals surface area contributed by atoms with Gasteiger partial charge in [-0.3, -0.25) is 9.69 Å². The molecule has 0 aromatic heterocycles. The molecule has 0 amide bonds. The highest BCUT2D eigenvalue weighted by Crippen LogP contribution is 2.18. The van der Waals surface area contributed by atoms with Gasteiger partial charge in [-0.15, -0.1) is 12.4 Å². The molecule has 26 heavy (non-hydrogen) atoms. The van der Waals surface area contributed by atoms with Gasteiger partial charge in [-0.2, -0.15) is 0 Å². The summed E-state index contributed by atoms with van der Waals surface area (Å²) in [5.74, 6) is 0.964. The van der Waals surface area contributed by atoms with E-state index in [2.05, 4.69) is 9.80 Å². The van der Waals surface area contributed by atoms with Crippen molar-refractivity contribution in [3.8, 4) is 11.5 Å². The normalized spacial score (nSPS) is 15.5. The second-order valence-electron chi connectivity index (χ2n) is 6.41. The van der Waals surface area contributed by atoms with Gasteiger partial charge < -0.3 is 19.5 Å². The molecule has 1 saturated heterocycles. The maximum atomic E-state index is 10.9. The lowest BCUT2D eigenvalue weighted by molar-refractivity contribution is -0.139. The molecule has 2 rings (SSSR count). The number of carboxylic acids is 1. The van der Waals surface area contributed by atoms with Crippen LogP contribution in [0.1, 0.15) is 26.2 Å². The average Bonchev–Trinajstić information content (AvgIpc) is 2.64. The molecule has 6 nitrogen and oxygen atoms in total. The summed E-state index contributed by atoms with van der Waals surface area (Å²) < 4.78 is 10.9.